The number of halogens is 3. The van der Waals surface area contributed by atoms with E-state index < -0.39 is 12.7 Å². The second kappa shape index (κ2) is 13.2. The highest BCUT2D eigenvalue weighted by Crippen LogP contribution is 2.32. The molecule has 0 atom stereocenters. The summed E-state index contributed by atoms with van der Waals surface area (Å²) in [4.78, 5) is 1.06. The first kappa shape index (κ1) is 28.1. The lowest BCUT2D eigenvalue weighted by Gasteiger charge is -2.24. The molecule has 1 aromatic heterocycles. The Morgan fingerprint density at radius 2 is 1.87 bits per heavy atom. The van der Waals surface area contributed by atoms with Crippen molar-refractivity contribution in [1.82, 2.24) is 4.57 Å². The maximum atomic E-state index is 13.5. The number of nitrogens with zero attached hydrogens (tertiary/aromatic N) is 1. The lowest BCUT2D eigenvalue weighted by Crippen LogP contribution is -2.22. The zero-order valence-corrected chi connectivity index (χ0v) is 22.6. The molecule has 0 aliphatic heterocycles. The predicted molar refractivity (Wildman–Crippen MR) is 149 cm³/mol. The van der Waals surface area contributed by atoms with Crippen LogP contribution in [0.1, 0.15) is 37.8 Å². The van der Waals surface area contributed by atoms with Gasteiger partial charge < -0.3 is 24.7 Å². The van der Waals surface area contributed by atoms with Crippen molar-refractivity contribution in [3.63, 3.8) is 0 Å². The maximum Gasteiger partial charge on any atom is 0.406 e. The summed E-state index contributed by atoms with van der Waals surface area (Å²) in [5.74, 6) is 6.67. The first-order valence-electron chi connectivity index (χ1n) is 12.9. The molecule has 5 nitrogen and oxygen atoms in total. The van der Waals surface area contributed by atoms with Gasteiger partial charge in [0.1, 0.15) is 18.9 Å². The third-order valence-electron chi connectivity index (χ3n) is 6.57. The van der Waals surface area contributed by atoms with Crippen LogP contribution in [0.15, 0.2) is 47.4 Å². The Kier molecular flexibility index (Phi) is 9.75. The van der Waals surface area contributed by atoms with Crippen molar-refractivity contribution in [3.8, 4) is 17.6 Å². The molecule has 4 rings (SSSR count). The summed E-state index contributed by atoms with van der Waals surface area (Å²) in [5, 5.41) is 7.57. The lowest BCUT2D eigenvalue weighted by atomic mass is 9.95. The van der Waals surface area contributed by atoms with Gasteiger partial charge in [-0.3, -0.25) is 0 Å². The van der Waals surface area contributed by atoms with Crippen molar-refractivity contribution in [2.24, 2.45) is 0 Å². The number of anilines is 2. The Bertz CT molecular complexity index is 1270. The number of methoxy groups -OCH3 is 1. The Balaban J connectivity index is 1.56. The molecule has 9 heteroatoms. The average Bonchev–Trinajstić information content (AvgIpc) is 3.24. The van der Waals surface area contributed by atoms with Crippen LogP contribution in [0.5, 0.6) is 5.75 Å². The highest BCUT2D eigenvalue weighted by molar-refractivity contribution is 7.98. The van der Waals surface area contributed by atoms with Gasteiger partial charge in [0.2, 0.25) is 0 Å². The van der Waals surface area contributed by atoms with E-state index in [0.29, 0.717) is 36.2 Å². The standard InChI is InChI=1S/C29H34F3N3O2S/c1-36-16-17-37-28-19-23(38-2)13-14-26(28)33-15-7-10-22-18-24-25(34-21-8-4-3-5-9-21)11-6-12-27(24)35(22)20-29(30,31)32/h6,11-14,18-19,21,33-34H,3-5,8-9,15-17,20H2,1-2H3. The van der Waals surface area contributed by atoms with Crippen molar-refractivity contribution in [2.75, 3.05) is 43.8 Å². The number of alkyl halides is 3. The monoisotopic (exact) mass is 545 g/mol. The van der Waals surface area contributed by atoms with Crippen LogP contribution in [-0.4, -0.2) is 49.9 Å². The van der Waals surface area contributed by atoms with Gasteiger partial charge in [0.05, 0.1) is 30.0 Å². The van der Waals surface area contributed by atoms with Crippen LogP contribution in [0.2, 0.25) is 0 Å². The quantitative estimate of drug-likeness (QED) is 0.161. The molecule has 1 fully saturated rings. The fourth-order valence-electron chi connectivity index (χ4n) is 4.73. The minimum atomic E-state index is -4.36. The van der Waals surface area contributed by atoms with Crippen LogP contribution < -0.4 is 15.4 Å². The number of nitrogens with one attached hydrogen (secondary N) is 2. The number of rotatable bonds is 10. The van der Waals surface area contributed by atoms with Gasteiger partial charge >= 0.3 is 6.18 Å². The van der Waals surface area contributed by atoms with Crippen LogP contribution in [-0.2, 0) is 11.3 Å². The molecule has 204 valence electrons. The van der Waals surface area contributed by atoms with Crippen LogP contribution in [0.3, 0.4) is 0 Å². The van der Waals surface area contributed by atoms with E-state index in [1.54, 1.807) is 31.0 Å². The van der Waals surface area contributed by atoms with Crippen molar-refractivity contribution in [1.29, 1.82) is 0 Å². The summed E-state index contributed by atoms with van der Waals surface area (Å²) >= 11 is 1.61. The lowest BCUT2D eigenvalue weighted by molar-refractivity contribution is -0.140. The van der Waals surface area contributed by atoms with Crippen LogP contribution in [0.25, 0.3) is 10.9 Å². The third-order valence-corrected chi connectivity index (χ3v) is 7.29. The van der Waals surface area contributed by atoms with Crippen molar-refractivity contribution < 1.29 is 22.6 Å². The zero-order chi connectivity index (χ0) is 27.0. The topological polar surface area (TPSA) is 47.5 Å². The number of aromatic nitrogens is 1. The number of hydrogen-bond acceptors (Lipinski definition) is 5. The molecule has 0 spiro atoms. The molecule has 1 aliphatic rings. The van der Waals surface area contributed by atoms with Crippen molar-refractivity contribution in [3.05, 3.63) is 48.2 Å². The minimum Gasteiger partial charge on any atom is -0.489 e. The summed E-state index contributed by atoms with van der Waals surface area (Å²) in [6.45, 7) is 0.0297. The van der Waals surface area contributed by atoms with Gasteiger partial charge in [-0.05, 0) is 61.4 Å². The molecule has 3 aromatic rings. The fraction of sp³-hybridized carbons (Fsp3) is 0.448. The summed E-state index contributed by atoms with van der Waals surface area (Å²) < 4.78 is 52.7. The molecule has 0 saturated heterocycles. The molecule has 1 aliphatic carbocycles. The first-order valence-corrected chi connectivity index (χ1v) is 14.1. The Morgan fingerprint density at radius 1 is 1.05 bits per heavy atom. The van der Waals surface area contributed by atoms with Crippen LogP contribution in [0.4, 0.5) is 24.5 Å². The summed E-state index contributed by atoms with van der Waals surface area (Å²) in [7, 11) is 1.61. The predicted octanol–water partition coefficient (Wildman–Crippen LogP) is 7.16. The van der Waals surface area contributed by atoms with Crippen LogP contribution >= 0.6 is 11.8 Å². The van der Waals surface area contributed by atoms with E-state index in [0.717, 1.165) is 34.5 Å². The molecule has 1 saturated carbocycles. The number of hydrogen-bond donors (Lipinski definition) is 2. The Morgan fingerprint density at radius 3 is 2.61 bits per heavy atom. The van der Waals surface area contributed by atoms with E-state index in [9.17, 15) is 13.2 Å². The van der Waals surface area contributed by atoms with E-state index in [-0.39, 0.29) is 6.54 Å². The number of thioether (sulfide) groups is 1. The second-order valence-corrected chi connectivity index (χ2v) is 10.2. The largest absolute Gasteiger partial charge is 0.489 e. The van der Waals surface area contributed by atoms with Gasteiger partial charge in [-0.25, -0.2) is 0 Å². The minimum absolute atomic E-state index is 0.250. The molecule has 2 N–H and O–H groups in total. The normalized spacial score (nSPS) is 14.2. The van der Waals surface area contributed by atoms with Crippen molar-refractivity contribution >= 4 is 34.0 Å². The van der Waals surface area contributed by atoms with Gasteiger partial charge in [-0.1, -0.05) is 31.2 Å². The summed E-state index contributed by atoms with van der Waals surface area (Å²) in [6.07, 6.45) is 3.36. The van der Waals surface area contributed by atoms with Crippen molar-refractivity contribution in [2.45, 2.75) is 55.8 Å². The third kappa shape index (κ3) is 7.55. The highest BCUT2D eigenvalue weighted by atomic mass is 32.2. The van der Waals surface area contributed by atoms with E-state index in [1.165, 1.54) is 23.8 Å². The molecular formula is C29H34F3N3O2S. The van der Waals surface area contributed by atoms with E-state index in [4.69, 9.17) is 9.47 Å². The van der Waals surface area contributed by atoms with Gasteiger partial charge in [0.15, 0.2) is 0 Å². The van der Waals surface area contributed by atoms with Gasteiger partial charge in [-0.2, -0.15) is 13.2 Å². The molecule has 38 heavy (non-hydrogen) atoms. The SMILES string of the molecule is COCCOc1cc(SC)ccc1NCC#Cc1cc2c(NC3CCCCC3)cccc2n1CC(F)(F)F. The average molecular weight is 546 g/mol. The summed E-state index contributed by atoms with van der Waals surface area (Å²) in [5.41, 5.74) is 2.50. The van der Waals surface area contributed by atoms with Gasteiger partial charge in [0.25, 0.3) is 0 Å². The number of ether oxygens (including phenoxy) is 2. The van der Waals surface area contributed by atoms with Gasteiger partial charge in [-0.15, -0.1) is 11.8 Å². The molecule has 0 radical (unpaired) electrons. The Labute approximate surface area is 226 Å². The Hall–Kier alpha value is -2.96. The fourth-order valence-corrected chi connectivity index (χ4v) is 5.16. The molecule has 0 amide bonds. The van der Waals surface area contributed by atoms with E-state index >= 15 is 0 Å². The zero-order valence-electron chi connectivity index (χ0n) is 21.8. The van der Waals surface area contributed by atoms with E-state index in [2.05, 4.69) is 22.5 Å². The first-order chi connectivity index (χ1) is 18.4. The molecular weight excluding hydrogens is 511 g/mol. The van der Waals surface area contributed by atoms with Gasteiger partial charge in [0, 0.05) is 29.1 Å². The smallest absolute Gasteiger partial charge is 0.406 e. The second-order valence-electron chi connectivity index (χ2n) is 9.31. The highest BCUT2D eigenvalue weighted by Gasteiger charge is 2.30. The number of fused-ring (bicyclic) bond motifs is 1. The maximum absolute atomic E-state index is 13.5. The van der Waals surface area contributed by atoms with E-state index in [1.807, 2.05) is 36.6 Å². The number of benzene rings is 2. The molecule has 0 unspecified atom stereocenters. The van der Waals surface area contributed by atoms with Crippen LogP contribution in [0, 0.1) is 11.8 Å². The molecule has 0 bridgehead atoms. The molecule has 1 heterocycles. The molecule has 2 aromatic carbocycles. The summed E-state index contributed by atoms with van der Waals surface area (Å²) in [6, 6.07) is 13.4.